The highest BCUT2D eigenvalue weighted by Crippen LogP contribution is 2.36. The Labute approximate surface area is 292 Å². The summed E-state index contributed by atoms with van der Waals surface area (Å²) in [7, 11) is 0. The highest BCUT2D eigenvalue weighted by molar-refractivity contribution is 6.08. The maximum atomic E-state index is 14.2. The van der Waals surface area contributed by atoms with Gasteiger partial charge < -0.3 is 24.8 Å². The molecule has 0 bridgehead atoms. The average molecular weight is 686 g/mol. The minimum Gasteiger partial charge on any atom is -0.493 e. The van der Waals surface area contributed by atoms with E-state index >= 15 is 0 Å². The van der Waals surface area contributed by atoms with Gasteiger partial charge in [0.1, 0.15) is 22.7 Å². The maximum Gasteiger partial charge on any atom is 0.412 e. The van der Waals surface area contributed by atoms with Crippen LogP contribution in [-0.4, -0.2) is 46.5 Å². The smallest absolute Gasteiger partial charge is 0.412 e. The number of anilines is 3. The monoisotopic (exact) mass is 685 g/mol. The van der Waals surface area contributed by atoms with Gasteiger partial charge in [0, 0.05) is 47.9 Å². The largest absolute Gasteiger partial charge is 0.493 e. The van der Waals surface area contributed by atoms with Gasteiger partial charge in [-0.1, -0.05) is 26.0 Å². The Bertz CT molecular complexity index is 1900. The van der Waals surface area contributed by atoms with Crippen LogP contribution in [0.1, 0.15) is 79.0 Å². The lowest BCUT2D eigenvalue weighted by Gasteiger charge is -2.22. The molecular weight excluding hydrogens is 638 g/mol. The summed E-state index contributed by atoms with van der Waals surface area (Å²) in [4.78, 5) is 56.3. The zero-order valence-electron chi connectivity index (χ0n) is 30.1. The molecule has 50 heavy (non-hydrogen) atoms. The van der Waals surface area contributed by atoms with Gasteiger partial charge in [0.15, 0.2) is 0 Å². The molecule has 3 N–H and O–H groups in total. The van der Waals surface area contributed by atoms with Crippen molar-refractivity contribution >= 4 is 46.2 Å². The van der Waals surface area contributed by atoms with Crippen LogP contribution in [0.25, 0.3) is 22.2 Å². The third kappa shape index (κ3) is 9.40. The Balaban J connectivity index is 1.73. The third-order valence-electron chi connectivity index (χ3n) is 7.65. The zero-order valence-corrected chi connectivity index (χ0v) is 30.1. The number of ether oxygens (including phenoxy) is 3. The summed E-state index contributed by atoms with van der Waals surface area (Å²) in [5.74, 6) is 0.197. The average Bonchev–Trinajstić information content (AvgIpc) is 3.04. The fourth-order valence-electron chi connectivity index (χ4n) is 5.58. The quantitative estimate of drug-likeness (QED) is 0.100. The minimum atomic E-state index is -0.655. The highest BCUT2D eigenvalue weighted by Gasteiger charge is 2.24. The topological polar surface area (TPSA) is 150 Å². The van der Waals surface area contributed by atoms with Crippen molar-refractivity contribution in [3.63, 3.8) is 0 Å². The number of aromatic nitrogens is 2. The van der Waals surface area contributed by atoms with E-state index in [4.69, 9.17) is 14.2 Å². The normalized spacial score (nSPS) is 11.3. The highest BCUT2D eigenvalue weighted by atomic mass is 16.6. The molecule has 4 aromatic rings. The summed E-state index contributed by atoms with van der Waals surface area (Å²) in [6.45, 7) is 15.0. The van der Waals surface area contributed by atoms with E-state index in [9.17, 15) is 19.2 Å². The van der Waals surface area contributed by atoms with Gasteiger partial charge in [-0.05, 0) is 101 Å². The molecule has 0 saturated heterocycles. The summed E-state index contributed by atoms with van der Waals surface area (Å²) in [6.07, 6.45) is 2.69. The van der Waals surface area contributed by atoms with Crippen LogP contribution >= 0.6 is 0 Å². The van der Waals surface area contributed by atoms with Gasteiger partial charge in [0.25, 0.3) is 5.56 Å². The predicted octanol–water partition coefficient (Wildman–Crippen LogP) is 8.09. The Kier molecular flexibility index (Phi) is 12.2. The van der Waals surface area contributed by atoms with Crippen LogP contribution in [0, 0.1) is 0 Å². The molecule has 0 aliphatic rings. The molecule has 3 amide bonds. The Morgan fingerprint density at radius 1 is 0.900 bits per heavy atom. The van der Waals surface area contributed by atoms with Gasteiger partial charge >= 0.3 is 18.1 Å². The second-order valence-electron chi connectivity index (χ2n) is 13.0. The lowest BCUT2D eigenvalue weighted by molar-refractivity contribution is -0.141. The molecule has 0 saturated carbocycles. The Hall–Kier alpha value is -5.39. The number of rotatable bonds is 12. The lowest BCUT2D eigenvalue weighted by Crippen LogP contribution is -2.31. The van der Waals surface area contributed by atoms with Crippen LogP contribution in [0.15, 0.2) is 59.5 Å². The summed E-state index contributed by atoms with van der Waals surface area (Å²) in [5.41, 5.74) is 3.39. The maximum absolute atomic E-state index is 14.2. The van der Waals surface area contributed by atoms with Gasteiger partial charge in [-0.3, -0.25) is 19.5 Å². The molecule has 2 heterocycles. The van der Waals surface area contributed by atoms with Crippen molar-refractivity contribution in [1.29, 1.82) is 0 Å². The molecule has 0 fully saturated rings. The molecule has 0 aliphatic heterocycles. The Morgan fingerprint density at radius 3 is 2.20 bits per heavy atom. The van der Waals surface area contributed by atoms with Crippen LogP contribution in [0.2, 0.25) is 0 Å². The van der Waals surface area contributed by atoms with Gasteiger partial charge in [0.05, 0.1) is 13.2 Å². The van der Waals surface area contributed by atoms with Crippen molar-refractivity contribution in [1.82, 2.24) is 9.55 Å². The Morgan fingerprint density at radius 2 is 1.58 bits per heavy atom. The number of nitrogens with zero attached hydrogens (tertiary/aromatic N) is 2. The number of urea groups is 1. The molecular formula is C38H47N5O7. The third-order valence-corrected chi connectivity index (χ3v) is 7.65. The number of hydrogen-bond donors (Lipinski definition) is 3. The number of esters is 1. The van der Waals surface area contributed by atoms with Crippen LogP contribution in [0.4, 0.5) is 26.7 Å². The molecule has 0 atom stereocenters. The fraction of sp³-hybridized carbons (Fsp3) is 0.395. The molecule has 2 aromatic carbocycles. The molecule has 266 valence electrons. The summed E-state index contributed by atoms with van der Waals surface area (Å²) in [5, 5.41) is 9.34. The molecule has 12 nitrogen and oxygen atoms in total. The number of amides is 3. The molecule has 0 unspecified atom stereocenters. The van der Waals surface area contributed by atoms with Crippen molar-refractivity contribution in [2.24, 2.45) is 0 Å². The van der Waals surface area contributed by atoms with Gasteiger partial charge in [-0.25, -0.2) is 14.6 Å². The first-order valence-electron chi connectivity index (χ1n) is 16.9. The first-order chi connectivity index (χ1) is 23.7. The first-order valence-corrected chi connectivity index (χ1v) is 16.9. The van der Waals surface area contributed by atoms with Crippen LogP contribution in [-0.2, 0) is 27.1 Å². The molecule has 2 aromatic heterocycles. The number of benzene rings is 2. The predicted molar refractivity (Wildman–Crippen MR) is 196 cm³/mol. The van der Waals surface area contributed by atoms with Gasteiger partial charge in [-0.2, -0.15) is 0 Å². The lowest BCUT2D eigenvalue weighted by atomic mass is 9.99. The molecule has 0 radical (unpaired) electrons. The van der Waals surface area contributed by atoms with E-state index in [0.29, 0.717) is 65.2 Å². The molecule has 0 spiro atoms. The van der Waals surface area contributed by atoms with Crippen LogP contribution in [0.5, 0.6) is 5.75 Å². The first kappa shape index (κ1) is 37.4. The number of hydrogen-bond acceptors (Lipinski definition) is 8. The SMILES string of the molecule is CCc1cc(NC(=O)OC(C)(C)C)cc(CC)c1NC(=O)Nc1c(-c2cccc(OCCCOC(C)=O)c2)c2cccnc2n(C(C)C)c1=O. The summed E-state index contributed by atoms with van der Waals surface area (Å²) < 4.78 is 17.9. The van der Waals surface area contributed by atoms with Crippen LogP contribution < -0.4 is 26.2 Å². The van der Waals surface area contributed by atoms with E-state index in [-0.39, 0.29) is 24.3 Å². The van der Waals surface area contributed by atoms with E-state index in [1.807, 2.05) is 45.9 Å². The second kappa shape index (κ2) is 16.3. The number of aryl methyl sites for hydroxylation is 2. The van der Waals surface area contributed by atoms with Crippen molar-refractivity contribution in [3.05, 3.63) is 76.2 Å². The molecule has 4 rings (SSSR count). The zero-order chi connectivity index (χ0) is 36.6. The van der Waals surface area contributed by atoms with Gasteiger partial charge in [-0.15, -0.1) is 0 Å². The van der Waals surface area contributed by atoms with E-state index in [0.717, 1.165) is 11.1 Å². The number of pyridine rings is 2. The molecule has 0 aliphatic carbocycles. The van der Waals surface area contributed by atoms with E-state index in [2.05, 4.69) is 20.9 Å². The van der Waals surface area contributed by atoms with Gasteiger partial charge in [0.2, 0.25) is 0 Å². The van der Waals surface area contributed by atoms with E-state index in [1.54, 1.807) is 61.9 Å². The van der Waals surface area contributed by atoms with Crippen LogP contribution in [0.3, 0.4) is 0 Å². The summed E-state index contributed by atoms with van der Waals surface area (Å²) >= 11 is 0. The van der Waals surface area contributed by atoms with Crippen molar-refractivity contribution in [2.75, 3.05) is 29.2 Å². The fourth-order valence-corrected chi connectivity index (χ4v) is 5.58. The number of fused-ring (bicyclic) bond motifs is 1. The number of carbonyl (C=O) groups excluding carboxylic acids is 3. The second-order valence-corrected chi connectivity index (χ2v) is 13.0. The van der Waals surface area contributed by atoms with E-state index in [1.165, 1.54) is 6.92 Å². The number of nitrogens with one attached hydrogen (secondary N) is 3. The van der Waals surface area contributed by atoms with Crippen molar-refractivity contribution in [2.45, 2.75) is 86.3 Å². The standard InChI is InChI=1S/C38H47N5O7/c1-9-25-20-28(40-37(47)50-38(6,7)8)21-26(10-2)32(25)41-36(46)42-33-31(30-16-12-17-39-34(30)43(23(3)4)35(33)45)27-14-11-15-29(22-27)49-19-13-18-48-24(5)44/h11-12,14-17,20-23H,9-10,13,18-19H2,1-8H3,(H,40,47)(H2,41,42,46). The van der Waals surface area contributed by atoms with Crippen molar-refractivity contribution in [3.8, 4) is 16.9 Å². The molecule has 12 heteroatoms. The van der Waals surface area contributed by atoms with E-state index < -0.39 is 23.3 Å². The minimum absolute atomic E-state index is 0.0861. The number of carbonyl (C=O) groups is 3. The van der Waals surface area contributed by atoms with Crippen molar-refractivity contribution < 1.29 is 28.6 Å². The summed E-state index contributed by atoms with van der Waals surface area (Å²) in [6, 6.07) is 13.7.